The molecule has 7 nitrogen and oxygen atoms in total. The van der Waals surface area contributed by atoms with Crippen LogP contribution >= 0.6 is 0 Å². The van der Waals surface area contributed by atoms with E-state index in [1.807, 2.05) is 0 Å². The van der Waals surface area contributed by atoms with Gasteiger partial charge in [0, 0.05) is 12.6 Å². The molecule has 1 aliphatic heterocycles. The molecule has 2 N–H and O–H groups in total. The summed E-state index contributed by atoms with van der Waals surface area (Å²) in [6.45, 7) is 0.757. The van der Waals surface area contributed by atoms with Crippen molar-refractivity contribution >= 4 is 17.3 Å². The highest BCUT2D eigenvalue weighted by molar-refractivity contribution is 5.80. The lowest BCUT2D eigenvalue weighted by molar-refractivity contribution is -0.385. The van der Waals surface area contributed by atoms with Crippen LogP contribution < -0.4 is 10.6 Å². The van der Waals surface area contributed by atoms with E-state index in [9.17, 15) is 19.3 Å². The average molecular weight is 269 g/mol. The average Bonchev–Trinajstić information content (AvgIpc) is 2.38. The molecule has 0 radical (unpaired) electrons. The smallest absolute Gasteiger partial charge is 0.272 e. The maximum Gasteiger partial charge on any atom is 0.272 e. The summed E-state index contributed by atoms with van der Waals surface area (Å²) in [4.78, 5) is 22.5. The van der Waals surface area contributed by atoms with E-state index < -0.39 is 22.8 Å². The molecule has 0 spiro atoms. The lowest BCUT2D eigenvalue weighted by Gasteiger charge is -2.33. The summed E-state index contributed by atoms with van der Waals surface area (Å²) in [6.07, 6.45) is -0.802. The fourth-order valence-corrected chi connectivity index (χ4v) is 1.91. The number of rotatable bonds is 3. The molecular formula is C11H12FN3O4. The lowest BCUT2D eigenvalue weighted by atomic mass is 10.2. The first-order valence-electron chi connectivity index (χ1n) is 5.59. The number of ether oxygens (including phenoxy) is 1. The zero-order chi connectivity index (χ0) is 14.0. The third-order valence-corrected chi connectivity index (χ3v) is 2.87. The van der Waals surface area contributed by atoms with Gasteiger partial charge in [0.1, 0.15) is 0 Å². The van der Waals surface area contributed by atoms with Gasteiger partial charge in [0.05, 0.1) is 29.8 Å². The van der Waals surface area contributed by atoms with Crippen molar-refractivity contribution in [2.45, 2.75) is 6.10 Å². The van der Waals surface area contributed by atoms with Gasteiger partial charge in [-0.05, 0) is 6.07 Å². The maximum absolute atomic E-state index is 13.8. The van der Waals surface area contributed by atoms with Crippen LogP contribution in [0.2, 0.25) is 0 Å². The quantitative estimate of drug-likeness (QED) is 0.633. The zero-order valence-corrected chi connectivity index (χ0v) is 9.91. The minimum atomic E-state index is -0.802. The molecule has 1 unspecified atom stereocenters. The predicted octanol–water partition coefficient (Wildman–Crippen LogP) is 0.424. The minimum Gasteiger partial charge on any atom is -0.367 e. The molecule has 19 heavy (non-hydrogen) atoms. The second-order valence-corrected chi connectivity index (χ2v) is 4.10. The number of carbonyl (C=O) groups excluding carboxylic acids is 1. The van der Waals surface area contributed by atoms with Gasteiger partial charge in [0.25, 0.3) is 5.69 Å². The molecule has 1 saturated heterocycles. The highest BCUT2D eigenvalue weighted by Crippen LogP contribution is 2.25. The third-order valence-electron chi connectivity index (χ3n) is 2.87. The normalized spacial score (nSPS) is 19.2. The van der Waals surface area contributed by atoms with Gasteiger partial charge in [0.2, 0.25) is 5.91 Å². The van der Waals surface area contributed by atoms with Crippen LogP contribution in [0.1, 0.15) is 0 Å². The van der Waals surface area contributed by atoms with E-state index in [0.29, 0.717) is 6.54 Å². The molecule has 8 heteroatoms. The number of morpholine rings is 1. The van der Waals surface area contributed by atoms with E-state index in [2.05, 4.69) is 0 Å². The van der Waals surface area contributed by atoms with Gasteiger partial charge in [0.15, 0.2) is 11.9 Å². The van der Waals surface area contributed by atoms with Crippen LogP contribution in [-0.4, -0.2) is 36.6 Å². The van der Waals surface area contributed by atoms with Gasteiger partial charge in [-0.15, -0.1) is 0 Å². The number of nitro benzene ring substituents is 1. The topological polar surface area (TPSA) is 98.7 Å². The van der Waals surface area contributed by atoms with Gasteiger partial charge in [-0.25, -0.2) is 4.39 Å². The number of anilines is 1. The summed E-state index contributed by atoms with van der Waals surface area (Å²) in [7, 11) is 0. The van der Waals surface area contributed by atoms with Crippen molar-refractivity contribution in [2.75, 3.05) is 24.6 Å². The van der Waals surface area contributed by atoms with Gasteiger partial charge >= 0.3 is 0 Å². The van der Waals surface area contributed by atoms with Crippen molar-refractivity contribution < 1.29 is 18.8 Å². The third kappa shape index (κ3) is 2.79. The molecule has 1 amide bonds. The molecule has 2 rings (SSSR count). The van der Waals surface area contributed by atoms with Crippen molar-refractivity contribution in [2.24, 2.45) is 5.73 Å². The summed E-state index contributed by atoms with van der Waals surface area (Å²) < 4.78 is 19.0. The van der Waals surface area contributed by atoms with Gasteiger partial charge in [-0.1, -0.05) is 0 Å². The molecule has 1 aromatic carbocycles. The maximum atomic E-state index is 13.8. The van der Waals surface area contributed by atoms with Crippen molar-refractivity contribution in [3.05, 3.63) is 34.1 Å². The fraction of sp³-hybridized carbons (Fsp3) is 0.364. The number of hydrogen-bond donors (Lipinski definition) is 1. The Balaban J connectivity index is 2.22. The predicted molar refractivity (Wildman–Crippen MR) is 64.2 cm³/mol. The van der Waals surface area contributed by atoms with Gasteiger partial charge in [-0.3, -0.25) is 14.9 Å². The summed E-state index contributed by atoms with van der Waals surface area (Å²) in [5.74, 6) is -1.33. The van der Waals surface area contributed by atoms with Crippen molar-refractivity contribution in [3.8, 4) is 0 Å². The molecule has 1 aromatic rings. The van der Waals surface area contributed by atoms with Crippen LogP contribution in [0.15, 0.2) is 18.2 Å². The number of nitrogens with two attached hydrogens (primary N) is 1. The number of carbonyl (C=O) groups is 1. The molecule has 0 aromatic heterocycles. The van der Waals surface area contributed by atoms with Gasteiger partial charge in [-0.2, -0.15) is 0 Å². The number of benzene rings is 1. The lowest BCUT2D eigenvalue weighted by Crippen LogP contribution is -2.48. The number of nitro groups is 1. The SMILES string of the molecule is NC(=O)C1CN(c2ccc([N+](=O)[O-])cc2F)CCO1. The van der Waals surface area contributed by atoms with Crippen LogP contribution in [0, 0.1) is 15.9 Å². The summed E-state index contributed by atoms with van der Waals surface area (Å²) in [6, 6.07) is 3.38. The Kier molecular flexibility index (Phi) is 3.61. The highest BCUT2D eigenvalue weighted by Gasteiger charge is 2.26. The van der Waals surface area contributed by atoms with E-state index in [1.54, 1.807) is 4.90 Å². The van der Waals surface area contributed by atoms with E-state index in [1.165, 1.54) is 12.1 Å². The molecule has 102 valence electrons. The molecule has 0 aliphatic carbocycles. The largest absolute Gasteiger partial charge is 0.367 e. The van der Waals surface area contributed by atoms with Gasteiger partial charge < -0.3 is 15.4 Å². The number of nitrogens with zero attached hydrogens (tertiary/aromatic N) is 2. The number of primary amides is 1. The van der Waals surface area contributed by atoms with Crippen molar-refractivity contribution in [1.29, 1.82) is 0 Å². The van der Waals surface area contributed by atoms with E-state index in [0.717, 1.165) is 6.07 Å². The van der Waals surface area contributed by atoms with Crippen LogP contribution in [0.4, 0.5) is 15.8 Å². The van der Waals surface area contributed by atoms with Crippen LogP contribution in [0.5, 0.6) is 0 Å². The molecular weight excluding hydrogens is 257 g/mol. The summed E-state index contributed by atoms with van der Waals surface area (Å²) in [5.41, 5.74) is 5.01. The Morgan fingerprint density at radius 2 is 2.32 bits per heavy atom. The Bertz CT molecular complexity index is 523. The molecule has 1 atom stereocenters. The number of hydrogen-bond acceptors (Lipinski definition) is 5. The summed E-state index contributed by atoms with van der Waals surface area (Å²) in [5, 5.41) is 10.5. The first-order chi connectivity index (χ1) is 8.99. The minimum absolute atomic E-state index is 0.129. The Hall–Kier alpha value is -2.22. The monoisotopic (exact) mass is 269 g/mol. The van der Waals surface area contributed by atoms with E-state index in [-0.39, 0.29) is 24.5 Å². The second kappa shape index (κ2) is 5.19. The van der Waals surface area contributed by atoms with Crippen LogP contribution in [-0.2, 0) is 9.53 Å². The van der Waals surface area contributed by atoms with Crippen LogP contribution in [0.25, 0.3) is 0 Å². The molecule has 0 saturated carbocycles. The Labute approximate surface area is 107 Å². The van der Waals surface area contributed by atoms with E-state index >= 15 is 0 Å². The first kappa shape index (κ1) is 13.2. The van der Waals surface area contributed by atoms with Crippen LogP contribution in [0.3, 0.4) is 0 Å². The van der Waals surface area contributed by atoms with Crippen molar-refractivity contribution in [3.63, 3.8) is 0 Å². The molecule has 1 heterocycles. The number of non-ortho nitro benzene ring substituents is 1. The second-order valence-electron chi connectivity index (χ2n) is 4.10. The Morgan fingerprint density at radius 3 is 2.89 bits per heavy atom. The van der Waals surface area contributed by atoms with Crippen molar-refractivity contribution in [1.82, 2.24) is 0 Å². The molecule has 0 bridgehead atoms. The number of amides is 1. The molecule has 1 aliphatic rings. The Morgan fingerprint density at radius 1 is 1.58 bits per heavy atom. The highest BCUT2D eigenvalue weighted by atomic mass is 19.1. The fourth-order valence-electron chi connectivity index (χ4n) is 1.91. The zero-order valence-electron chi connectivity index (χ0n) is 9.91. The summed E-state index contributed by atoms with van der Waals surface area (Å²) >= 11 is 0. The first-order valence-corrected chi connectivity index (χ1v) is 5.59. The molecule has 1 fully saturated rings. The standard InChI is InChI=1S/C11H12FN3O4/c12-8-5-7(15(17)18)1-2-9(8)14-3-4-19-10(6-14)11(13)16/h1-2,5,10H,3-4,6H2,(H2,13,16). The van der Waals surface area contributed by atoms with E-state index in [4.69, 9.17) is 10.5 Å². The number of halogens is 1.